The lowest BCUT2D eigenvalue weighted by atomic mass is 10.0. The summed E-state index contributed by atoms with van der Waals surface area (Å²) in [4.78, 5) is 4.67. The second-order valence-electron chi connectivity index (χ2n) is 5.03. The molecule has 0 aromatic carbocycles. The van der Waals surface area contributed by atoms with Crippen molar-refractivity contribution in [2.24, 2.45) is 16.8 Å². The molecule has 0 aliphatic carbocycles. The fraction of sp³-hybridized carbons (Fsp3) is 0.917. The molecule has 0 bridgehead atoms. The number of aliphatic imine (C=N–C) groups is 1. The molecule has 0 aromatic heterocycles. The fourth-order valence-corrected chi connectivity index (χ4v) is 3.23. The Morgan fingerprint density at radius 3 is 3.06 bits per heavy atom. The van der Waals surface area contributed by atoms with Crippen molar-refractivity contribution >= 4 is 16.9 Å². The Morgan fingerprint density at radius 2 is 2.44 bits per heavy atom. The third kappa shape index (κ3) is 3.39. The standard InChI is InChI=1S/C12H22N2OS/c1-9(2)11-8-16-12(14-11)13-6-10-4-3-5-15-7-10/h9-11H,3-8H2,1-2H3,(H,13,14). The summed E-state index contributed by atoms with van der Waals surface area (Å²) in [6, 6.07) is 0.603. The Labute approximate surface area is 102 Å². The van der Waals surface area contributed by atoms with E-state index >= 15 is 0 Å². The van der Waals surface area contributed by atoms with E-state index in [1.807, 2.05) is 11.8 Å². The van der Waals surface area contributed by atoms with Crippen LogP contribution in [0, 0.1) is 11.8 Å². The van der Waals surface area contributed by atoms with Crippen LogP contribution in [0.4, 0.5) is 0 Å². The maximum Gasteiger partial charge on any atom is 0.156 e. The smallest absolute Gasteiger partial charge is 0.156 e. The lowest BCUT2D eigenvalue weighted by Crippen LogP contribution is -2.32. The molecule has 1 N–H and O–H groups in total. The maximum absolute atomic E-state index is 5.46. The molecule has 4 heteroatoms. The van der Waals surface area contributed by atoms with Gasteiger partial charge in [0.15, 0.2) is 5.17 Å². The highest BCUT2D eigenvalue weighted by Gasteiger charge is 2.23. The van der Waals surface area contributed by atoms with Gasteiger partial charge in [-0.25, -0.2) is 0 Å². The van der Waals surface area contributed by atoms with Gasteiger partial charge in [0.05, 0.1) is 6.61 Å². The molecule has 2 unspecified atom stereocenters. The van der Waals surface area contributed by atoms with Crippen LogP contribution in [-0.2, 0) is 4.74 Å². The third-order valence-electron chi connectivity index (χ3n) is 3.26. The van der Waals surface area contributed by atoms with Gasteiger partial charge in [0, 0.05) is 30.9 Å². The number of nitrogens with one attached hydrogen (secondary N) is 1. The first-order chi connectivity index (χ1) is 7.75. The van der Waals surface area contributed by atoms with E-state index in [-0.39, 0.29) is 0 Å². The van der Waals surface area contributed by atoms with Crippen LogP contribution in [0.25, 0.3) is 0 Å². The van der Waals surface area contributed by atoms with Crippen molar-refractivity contribution in [1.82, 2.24) is 5.32 Å². The average molecular weight is 242 g/mol. The van der Waals surface area contributed by atoms with E-state index in [2.05, 4.69) is 24.2 Å². The molecule has 0 amide bonds. The number of hydrogen-bond donors (Lipinski definition) is 1. The van der Waals surface area contributed by atoms with Crippen LogP contribution >= 0.6 is 11.8 Å². The van der Waals surface area contributed by atoms with Crippen molar-refractivity contribution in [2.75, 3.05) is 25.5 Å². The fourth-order valence-electron chi connectivity index (χ4n) is 2.02. The Balaban J connectivity index is 1.75. The molecule has 92 valence electrons. The highest BCUT2D eigenvalue weighted by atomic mass is 32.2. The van der Waals surface area contributed by atoms with Crippen LogP contribution < -0.4 is 5.32 Å². The number of rotatable bonds is 3. The summed E-state index contributed by atoms with van der Waals surface area (Å²) < 4.78 is 5.46. The lowest BCUT2D eigenvalue weighted by Gasteiger charge is -2.20. The number of thioether (sulfide) groups is 1. The highest BCUT2D eigenvalue weighted by Crippen LogP contribution is 2.20. The molecule has 2 atom stereocenters. The van der Waals surface area contributed by atoms with E-state index in [0.29, 0.717) is 17.9 Å². The van der Waals surface area contributed by atoms with Crippen molar-refractivity contribution in [1.29, 1.82) is 0 Å². The van der Waals surface area contributed by atoms with Crippen molar-refractivity contribution in [2.45, 2.75) is 32.7 Å². The Kier molecular flexibility index (Phi) is 4.53. The molecular weight excluding hydrogens is 220 g/mol. The minimum Gasteiger partial charge on any atom is -0.381 e. The van der Waals surface area contributed by atoms with Gasteiger partial charge in [-0.15, -0.1) is 0 Å². The van der Waals surface area contributed by atoms with Gasteiger partial charge in [0.1, 0.15) is 0 Å². The van der Waals surface area contributed by atoms with E-state index < -0.39 is 0 Å². The zero-order chi connectivity index (χ0) is 11.4. The molecule has 0 aromatic rings. The van der Waals surface area contributed by atoms with Crippen molar-refractivity contribution < 1.29 is 4.74 Å². The predicted molar refractivity (Wildman–Crippen MR) is 70.1 cm³/mol. The zero-order valence-electron chi connectivity index (χ0n) is 10.2. The van der Waals surface area contributed by atoms with Gasteiger partial charge in [-0.05, 0) is 18.8 Å². The molecule has 2 aliphatic rings. The Hall–Kier alpha value is -0.220. The second-order valence-corrected chi connectivity index (χ2v) is 6.04. The summed E-state index contributed by atoms with van der Waals surface area (Å²) in [5.41, 5.74) is 0. The SMILES string of the molecule is CC(C)C1CSC(=NCC2CCCOC2)N1. The van der Waals surface area contributed by atoms with Crippen LogP contribution in [0.1, 0.15) is 26.7 Å². The van der Waals surface area contributed by atoms with Crippen molar-refractivity contribution in [3.05, 3.63) is 0 Å². The Morgan fingerprint density at radius 1 is 1.56 bits per heavy atom. The number of amidine groups is 1. The quantitative estimate of drug-likeness (QED) is 0.823. The van der Waals surface area contributed by atoms with Crippen LogP contribution in [0.2, 0.25) is 0 Å². The van der Waals surface area contributed by atoms with Gasteiger partial charge in [-0.1, -0.05) is 25.6 Å². The molecule has 16 heavy (non-hydrogen) atoms. The first kappa shape index (κ1) is 12.2. The number of nitrogens with zero attached hydrogens (tertiary/aromatic N) is 1. The molecule has 2 aliphatic heterocycles. The molecular formula is C12H22N2OS. The van der Waals surface area contributed by atoms with Gasteiger partial charge in [0.2, 0.25) is 0 Å². The van der Waals surface area contributed by atoms with E-state index in [4.69, 9.17) is 4.74 Å². The topological polar surface area (TPSA) is 33.6 Å². The summed E-state index contributed by atoms with van der Waals surface area (Å²) >= 11 is 1.87. The normalized spacial score (nSPS) is 33.3. The van der Waals surface area contributed by atoms with Crippen LogP contribution in [0.5, 0.6) is 0 Å². The Bertz CT molecular complexity index is 249. The summed E-state index contributed by atoms with van der Waals surface area (Å²) in [6.45, 7) is 7.29. The first-order valence-corrected chi connectivity index (χ1v) is 7.26. The van der Waals surface area contributed by atoms with Crippen molar-refractivity contribution in [3.63, 3.8) is 0 Å². The minimum atomic E-state index is 0.603. The zero-order valence-corrected chi connectivity index (χ0v) is 11.1. The van der Waals surface area contributed by atoms with Gasteiger partial charge in [-0.3, -0.25) is 4.99 Å². The highest BCUT2D eigenvalue weighted by molar-refractivity contribution is 8.14. The van der Waals surface area contributed by atoms with E-state index in [9.17, 15) is 0 Å². The number of hydrogen-bond acceptors (Lipinski definition) is 3. The molecule has 2 fully saturated rings. The van der Waals surface area contributed by atoms with Gasteiger partial charge in [-0.2, -0.15) is 0 Å². The molecule has 0 spiro atoms. The minimum absolute atomic E-state index is 0.603. The number of ether oxygens (including phenoxy) is 1. The van der Waals surface area contributed by atoms with E-state index in [0.717, 1.165) is 30.7 Å². The second kappa shape index (κ2) is 5.92. The summed E-state index contributed by atoms with van der Waals surface area (Å²) in [5.74, 6) is 2.50. The van der Waals surface area contributed by atoms with Crippen LogP contribution in [0.15, 0.2) is 4.99 Å². The van der Waals surface area contributed by atoms with Gasteiger partial charge < -0.3 is 10.1 Å². The van der Waals surface area contributed by atoms with E-state index in [1.54, 1.807) is 0 Å². The summed E-state index contributed by atoms with van der Waals surface area (Å²) in [6.07, 6.45) is 2.47. The van der Waals surface area contributed by atoms with Gasteiger partial charge in [0.25, 0.3) is 0 Å². The van der Waals surface area contributed by atoms with E-state index in [1.165, 1.54) is 12.8 Å². The van der Waals surface area contributed by atoms with Crippen LogP contribution in [-0.4, -0.2) is 36.7 Å². The van der Waals surface area contributed by atoms with Gasteiger partial charge >= 0.3 is 0 Å². The molecule has 2 saturated heterocycles. The molecule has 3 nitrogen and oxygen atoms in total. The largest absolute Gasteiger partial charge is 0.381 e. The first-order valence-electron chi connectivity index (χ1n) is 6.27. The third-order valence-corrected chi connectivity index (χ3v) is 4.31. The molecule has 2 rings (SSSR count). The average Bonchev–Trinajstić information content (AvgIpc) is 2.76. The van der Waals surface area contributed by atoms with Crippen LogP contribution in [0.3, 0.4) is 0 Å². The molecule has 0 saturated carbocycles. The summed E-state index contributed by atoms with van der Waals surface area (Å²) in [5, 5.41) is 4.64. The predicted octanol–water partition coefficient (Wildman–Crippen LogP) is 2.13. The lowest BCUT2D eigenvalue weighted by molar-refractivity contribution is 0.0582. The molecule has 2 heterocycles. The maximum atomic E-state index is 5.46. The van der Waals surface area contributed by atoms with Crippen molar-refractivity contribution in [3.8, 4) is 0 Å². The summed E-state index contributed by atoms with van der Waals surface area (Å²) in [7, 11) is 0. The molecule has 0 radical (unpaired) electrons. The monoisotopic (exact) mass is 242 g/mol.